The van der Waals surface area contributed by atoms with Crippen molar-refractivity contribution in [3.63, 3.8) is 0 Å². The molecule has 0 aliphatic heterocycles. The molecule has 114 valence electrons. The van der Waals surface area contributed by atoms with Crippen LogP contribution in [-0.4, -0.2) is 32.5 Å². The molecule has 1 heterocycles. The molecule has 0 saturated heterocycles. The van der Waals surface area contributed by atoms with Gasteiger partial charge in [0.1, 0.15) is 29.9 Å². The molecule has 21 heavy (non-hydrogen) atoms. The Morgan fingerprint density at radius 2 is 2.14 bits per heavy atom. The van der Waals surface area contributed by atoms with Crippen LogP contribution in [-0.2, 0) is 12.1 Å². The topological polar surface area (TPSA) is 63.0 Å². The first-order chi connectivity index (χ1) is 9.90. The van der Waals surface area contributed by atoms with Gasteiger partial charge in [-0.15, -0.1) is 0 Å². The Hall–Kier alpha value is -1.86. The number of aromatic nitrogens is 3. The third kappa shape index (κ3) is 3.83. The van der Waals surface area contributed by atoms with Crippen LogP contribution in [0.5, 0.6) is 0 Å². The van der Waals surface area contributed by atoms with Gasteiger partial charge >= 0.3 is 0 Å². The van der Waals surface area contributed by atoms with Gasteiger partial charge in [0.25, 0.3) is 0 Å². The molecule has 0 saturated carbocycles. The molecule has 1 aromatic carbocycles. The zero-order valence-electron chi connectivity index (χ0n) is 11.9. The lowest BCUT2D eigenvalue weighted by molar-refractivity contribution is 0.0104. The van der Waals surface area contributed by atoms with Crippen molar-refractivity contribution in [1.29, 1.82) is 0 Å². The molecule has 2 aromatic rings. The van der Waals surface area contributed by atoms with Gasteiger partial charge in [-0.05, 0) is 6.07 Å². The van der Waals surface area contributed by atoms with Crippen LogP contribution >= 0.6 is 0 Å². The molecule has 0 spiro atoms. The van der Waals surface area contributed by atoms with Crippen molar-refractivity contribution >= 4 is 0 Å². The summed E-state index contributed by atoms with van der Waals surface area (Å²) < 4.78 is 28.5. The fourth-order valence-electron chi connectivity index (χ4n) is 2.06. The molecule has 0 amide bonds. The van der Waals surface area contributed by atoms with Crippen LogP contribution in [0.4, 0.5) is 8.78 Å². The number of benzene rings is 1. The predicted molar refractivity (Wildman–Crippen MR) is 73.4 cm³/mol. The van der Waals surface area contributed by atoms with E-state index < -0.39 is 17.2 Å². The van der Waals surface area contributed by atoms with Crippen LogP contribution in [0.25, 0.3) is 0 Å². The van der Waals surface area contributed by atoms with Gasteiger partial charge < -0.3 is 10.4 Å². The average molecular weight is 296 g/mol. The third-order valence-corrected chi connectivity index (χ3v) is 3.13. The lowest BCUT2D eigenvalue weighted by Crippen LogP contribution is -2.44. The monoisotopic (exact) mass is 296 g/mol. The molecule has 0 aliphatic rings. The van der Waals surface area contributed by atoms with Gasteiger partial charge in [0.15, 0.2) is 0 Å². The molecule has 0 bridgehead atoms. The summed E-state index contributed by atoms with van der Waals surface area (Å²) in [5.41, 5.74) is -1.54. The van der Waals surface area contributed by atoms with Crippen molar-refractivity contribution < 1.29 is 13.9 Å². The number of halogens is 2. The van der Waals surface area contributed by atoms with Crippen molar-refractivity contribution in [1.82, 2.24) is 20.1 Å². The highest BCUT2D eigenvalue weighted by Gasteiger charge is 2.33. The molecule has 1 atom stereocenters. The van der Waals surface area contributed by atoms with E-state index in [2.05, 4.69) is 15.4 Å². The van der Waals surface area contributed by atoms with E-state index in [-0.39, 0.29) is 24.7 Å². The molecule has 1 aromatic heterocycles. The van der Waals surface area contributed by atoms with Crippen LogP contribution in [0.3, 0.4) is 0 Å². The van der Waals surface area contributed by atoms with Crippen molar-refractivity contribution in [3.05, 3.63) is 48.1 Å². The molecule has 0 fully saturated rings. The van der Waals surface area contributed by atoms with E-state index in [1.54, 1.807) is 0 Å². The maximum atomic E-state index is 14.0. The minimum Gasteiger partial charge on any atom is -0.382 e. The first-order valence-corrected chi connectivity index (χ1v) is 6.64. The Balaban J connectivity index is 2.34. The molecular formula is C14H18F2N4O. The fraction of sp³-hybridized carbons (Fsp3) is 0.429. The van der Waals surface area contributed by atoms with Crippen LogP contribution < -0.4 is 5.32 Å². The van der Waals surface area contributed by atoms with E-state index in [9.17, 15) is 13.9 Å². The molecule has 1 unspecified atom stereocenters. The smallest absolute Gasteiger partial charge is 0.137 e. The van der Waals surface area contributed by atoms with E-state index in [1.807, 2.05) is 13.8 Å². The van der Waals surface area contributed by atoms with Crippen LogP contribution in [0.2, 0.25) is 0 Å². The van der Waals surface area contributed by atoms with E-state index in [0.717, 1.165) is 12.1 Å². The summed E-state index contributed by atoms with van der Waals surface area (Å²) in [5, 5.41) is 17.9. The van der Waals surface area contributed by atoms with Crippen molar-refractivity contribution in [2.75, 3.05) is 6.54 Å². The zero-order valence-corrected chi connectivity index (χ0v) is 11.9. The largest absolute Gasteiger partial charge is 0.382 e. The number of hydrogen-bond acceptors (Lipinski definition) is 4. The highest BCUT2D eigenvalue weighted by Crippen LogP contribution is 2.26. The third-order valence-electron chi connectivity index (χ3n) is 3.13. The summed E-state index contributed by atoms with van der Waals surface area (Å²) in [6.07, 6.45) is 2.76. The maximum Gasteiger partial charge on any atom is 0.137 e. The summed E-state index contributed by atoms with van der Waals surface area (Å²) >= 11 is 0. The van der Waals surface area contributed by atoms with E-state index in [0.29, 0.717) is 0 Å². The first kappa shape index (κ1) is 15.5. The minimum absolute atomic E-state index is 0.00920. The second-order valence-electron chi connectivity index (χ2n) is 5.28. The van der Waals surface area contributed by atoms with Gasteiger partial charge in [-0.25, -0.2) is 18.4 Å². The SMILES string of the molecule is CC(C)NCC(O)(Cn1cncn1)c1ccc(F)cc1F. The molecule has 0 radical (unpaired) electrons. The lowest BCUT2D eigenvalue weighted by Gasteiger charge is -2.30. The van der Waals surface area contributed by atoms with Gasteiger partial charge in [0.05, 0.1) is 6.54 Å². The molecular weight excluding hydrogens is 278 g/mol. The maximum absolute atomic E-state index is 14.0. The van der Waals surface area contributed by atoms with Crippen LogP contribution in [0.15, 0.2) is 30.9 Å². The normalized spacial score (nSPS) is 14.4. The quantitative estimate of drug-likeness (QED) is 0.847. The molecule has 2 rings (SSSR count). The Morgan fingerprint density at radius 3 is 2.71 bits per heavy atom. The standard InChI is InChI=1S/C14H18F2N4O/c1-10(2)18-6-14(21,7-20-9-17-8-19-20)12-4-3-11(15)5-13(12)16/h3-5,8-10,18,21H,6-7H2,1-2H3. The number of nitrogens with one attached hydrogen (secondary N) is 1. The number of rotatable bonds is 6. The fourth-order valence-corrected chi connectivity index (χ4v) is 2.06. The first-order valence-electron chi connectivity index (χ1n) is 6.64. The van der Waals surface area contributed by atoms with E-state index >= 15 is 0 Å². The van der Waals surface area contributed by atoms with Gasteiger partial charge in [-0.2, -0.15) is 5.10 Å². The Morgan fingerprint density at radius 1 is 1.38 bits per heavy atom. The summed E-state index contributed by atoms with van der Waals surface area (Å²) in [7, 11) is 0. The van der Waals surface area contributed by atoms with Gasteiger partial charge in [-0.1, -0.05) is 19.9 Å². The minimum atomic E-state index is -1.56. The second-order valence-corrected chi connectivity index (χ2v) is 5.28. The van der Waals surface area contributed by atoms with Crippen molar-refractivity contribution in [2.45, 2.75) is 32.0 Å². The average Bonchev–Trinajstić information content (AvgIpc) is 2.89. The summed E-state index contributed by atoms with van der Waals surface area (Å²) in [4.78, 5) is 3.80. The highest BCUT2D eigenvalue weighted by molar-refractivity contribution is 5.25. The zero-order chi connectivity index (χ0) is 15.5. The van der Waals surface area contributed by atoms with E-state index in [1.165, 1.54) is 23.4 Å². The Bertz CT molecular complexity index is 589. The van der Waals surface area contributed by atoms with Crippen LogP contribution in [0, 0.1) is 11.6 Å². The van der Waals surface area contributed by atoms with E-state index in [4.69, 9.17) is 0 Å². The number of hydrogen-bond donors (Lipinski definition) is 2. The summed E-state index contributed by atoms with van der Waals surface area (Å²) in [6.45, 7) is 3.94. The lowest BCUT2D eigenvalue weighted by atomic mass is 9.92. The van der Waals surface area contributed by atoms with Gasteiger partial charge in [0.2, 0.25) is 0 Å². The molecule has 0 aliphatic carbocycles. The van der Waals surface area contributed by atoms with Gasteiger partial charge in [-0.3, -0.25) is 0 Å². The number of aliphatic hydroxyl groups is 1. The molecule has 2 N–H and O–H groups in total. The van der Waals surface area contributed by atoms with Crippen molar-refractivity contribution in [2.24, 2.45) is 0 Å². The van der Waals surface area contributed by atoms with Crippen molar-refractivity contribution in [3.8, 4) is 0 Å². The second kappa shape index (κ2) is 6.28. The molecule has 7 heteroatoms. The summed E-state index contributed by atoms with van der Waals surface area (Å²) in [5.74, 6) is -1.47. The Labute approximate surface area is 121 Å². The summed E-state index contributed by atoms with van der Waals surface area (Å²) in [6, 6.07) is 3.25. The van der Waals surface area contributed by atoms with Gasteiger partial charge in [0, 0.05) is 24.2 Å². The number of nitrogens with zero attached hydrogens (tertiary/aromatic N) is 3. The molecule has 5 nitrogen and oxygen atoms in total. The van der Waals surface area contributed by atoms with Crippen LogP contribution in [0.1, 0.15) is 19.4 Å². The predicted octanol–water partition coefficient (Wildman–Crippen LogP) is 1.44. The highest BCUT2D eigenvalue weighted by atomic mass is 19.1. The Kier molecular flexibility index (Phi) is 4.64.